The quantitative estimate of drug-likeness (QED) is 0.766. The van der Waals surface area contributed by atoms with E-state index >= 15 is 0 Å². The maximum Gasteiger partial charge on any atom is 0.267 e. The number of nitrogens with zero attached hydrogens (tertiary/aromatic N) is 1. The van der Waals surface area contributed by atoms with Crippen molar-refractivity contribution in [3.63, 3.8) is 0 Å². The summed E-state index contributed by atoms with van der Waals surface area (Å²) in [7, 11) is 0. The monoisotopic (exact) mass is 234 g/mol. The minimum absolute atomic E-state index is 0.159. The predicted octanol–water partition coefficient (Wildman–Crippen LogP) is 1.84. The van der Waals surface area contributed by atoms with E-state index in [1.807, 2.05) is 25.3 Å². The molecule has 16 heavy (non-hydrogen) atoms. The zero-order valence-electron chi connectivity index (χ0n) is 8.86. The third kappa shape index (κ3) is 2.56. The summed E-state index contributed by atoms with van der Waals surface area (Å²) in [6.45, 7) is 5.74. The molecule has 0 aromatic heterocycles. The maximum atomic E-state index is 11.8. The fourth-order valence-electron chi connectivity index (χ4n) is 1.27. The number of amides is 1. The van der Waals surface area contributed by atoms with Gasteiger partial charge in [0.25, 0.3) is 5.91 Å². The molecule has 0 saturated carbocycles. The number of hydrogen-bond acceptors (Lipinski definition) is 4. The van der Waals surface area contributed by atoms with Gasteiger partial charge in [0.2, 0.25) is 0 Å². The first-order valence-corrected chi connectivity index (χ1v) is 5.56. The molecule has 2 N–H and O–H groups in total. The Morgan fingerprint density at radius 2 is 2.38 bits per heavy atom. The Balaban J connectivity index is 1.99. The van der Waals surface area contributed by atoms with E-state index < -0.39 is 0 Å². The topological polar surface area (TPSA) is 44.4 Å². The van der Waals surface area contributed by atoms with Crippen LogP contribution in [0.15, 0.2) is 35.4 Å². The van der Waals surface area contributed by atoms with Gasteiger partial charge in [0.1, 0.15) is 0 Å². The van der Waals surface area contributed by atoms with Crippen LogP contribution in [0.3, 0.4) is 0 Å². The molecule has 0 aliphatic carbocycles. The Morgan fingerprint density at radius 1 is 1.56 bits per heavy atom. The number of carbonyl (C=O) groups is 1. The molecule has 1 amide bonds. The van der Waals surface area contributed by atoms with Crippen molar-refractivity contribution >= 4 is 17.9 Å². The van der Waals surface area contributed by atoms with Crippen LogP contribution in [0.5, 0.6) is 0 Å². The number of hydrogen-bond donors (Lipinski definition) is 2. The van der Waals surface area contributed by atoms with Crippen molar-refractivity contribution in [2.75, 3.05) is 0 Å². The van der Waals surface area contributed by atoms with Crippen LogP contribution in [0.1, 0.15) is 22.8 Å². The lowest BCUT2D eigenvalue weighted by Crippen LogP contribution is -2.41. The van der Waals surface area contributed by atoms with Gasteiger partial charge in [-0.25, -0.2) is 0 Å². The average molecular weight is 234 g/mol. The summed E-state index contributed by atoms with van der Waals surface area (Å²) in [5, 5.41) is 0. The van der Waals surface area contributed by atoms with E-state index in [2.05, 4.69) is 17.8 Å². The molecule has 1 aliphatic heterocycles. The van der Waals surface area contributed by atoms with Gasteiger partial charge >= 0.3 is 0 Å². The van der Waals surface area contributed by atoms with Crippen LogP contribution >= 0.6 is 11.9 Å². The zero-order valence-corrected chi connectivity index (χ0v) is 9.67. The van der Waals surface area contributed by atoms with Crippen LogP contribution in [0, 0.1) is 6.92 Å². The molecule has 2 rings (SSSR count). The van der Waals surface area contributed by atoms with E-state index in [-0.39, 0.29) is 5.91 Å². The summed E-state index contributed by atoms with van der Waals surface area (Å²) < 4.78 is 1.56. The number of carbonyl (C=O) groups excluding carboxylic acids is 1. The predicted molar refractivity (Wildman–Crippen MR) is 64.7 cm³/mol. The third-order valence-corrected chi connectivity index (χ3v) is 2.80. The Hall–Kier alpha value is -1.46. The van der Waals surface area contributed by atoms with Crippen molar-refractivity contribution in [3.05, 3.63) is 53.4 Å². The van der Waals surface area contributed by atoms with Crippen molar-refractivity contribution < 1.29 is 4.79 Å². The molecule has 1 radical (unpaired) electrons. The van der Waals surface area contributed by atoms with Gasteiger partial charge in [0, 0.05) is 16.7 Å². The molecule has 1 aliphatic rings. The molecule has 5 heteroatoms. The van der Waals surface area contributed by atoms with Gasteiger partial charge in [0.15, 0.2) is 0 Å². The highest BCUT2D eigenvalue weighted by atomic mass is 32.2. The van der Waals surface area contributed by atoms with Gasteiger partial charge in [0.05, 0.1) is 0 Å². The van der Waals surface area contributed by atoms with Crippen molar-refractivity contribution in [1.82, 2.24) is 15.4 Å². The molecular weight excluding hydrogens is 222 g/mol. The number of benzene rings is 1. The van der Waals surface area contributed by atoms with Crippen molar-refractivity contribution in [2.24, 2.45) is 0 Å². The summed E-state index contributed by atoms with van der Waals surface area (Å²) in [4.78, 5) is 12.9. The lowest BCUT2D eigenvalue weighted by molar-refractivity contribution is 0.0871. The van der Waals surface area contributed by atoms with Crippen LogP contribution in [0.25, 0.3) is 0 Å². The van der Waals surface area contributed by atoms with Gasteiger partial charge in [-0.3, -0.25) is 15.6 Å². The van der Waals surface area contributed by atoms with Crippen molar-refractivity contribution in [2.45, 2.75) is 6.92 Å². The fourth-order valence-corrected chi connectivity index (χ4v) is 1.90. The minimum Gasteiger partial charge on any atom is -0.298 e. The first kappa shape index (κ1) is 11.0. The molecule has 0 saturated heterocycles. The van der Waals surface area contributed by atoms with Gasteiger partial charge < -0.3 is 0 Å². The molecular formula is C11H12N3OS. The smallest absolute Gasteiger partial charge is 0.267 e. The summed E-state index contributed by atoms with van der Waals surface area (Å²) in [6, 6.07) is 7.16. The first-order chi connectivity index (χ1) is 7.65. The van der Waals surface area contributed by atoms with E-state index in [0.717, 1.165) is 10.5 Å². The van der Waals surface area contributed by atoms with Crippen LogP contribution in [0.2, 0.25) is 0 Å². The normalized spacial score (nSPS) is 15.5. The highest BCUT2D eigenvalue weighted by molar-refractivity contribution is 8.00. The molecule has 0 fully saturated rings. The Kier molecular flexibility index (Phi) is 3.17. The summed E-state index contributed by atoms with van der Waals surface area (Å²) >= 11 is 1.43. The largest absolute Gasteiger partial charge is 0.298 e. The summed E-state index contributed by atoms with van der Waals surface area (Å²) in [5.41, 5.74) is 7.05. The molecule has 1 heterocycles. The molecule has 0 bridgehead atoms. The standard InChI is InChI=1S/C11H12N3OS/c1-8-4-3-5-10(6-8)11(15)13-14-12-7-9(2)16-14/h3-7,12H,1H2,2H3,(H,13,15). The molecule has 1 aromatic carbocycles. The molecule has 0 spiro atoms. The first-order valence-electron chi connectivity index (χ1n) is 4.79. The third-order valence-electron chi connectivity index (χ3n) is 2.01. The SMILES string of the molecule is [CH2]c1cccc(C(=O)NN2NC=C(C)S2)c1. The number of hydrazine groups is 2. The number of nitrogens with one attached hydrogen (secondary N) is 2. The number of rotatable bonds is 2. The second kappa shape index (κ2) is 4.59. The Bertz CT molecular complexity index is 445. The van der Waals surface area contributed by atoms with Crippen LogP contribution in [-0.2, 0) is 0 Å². The lowest BCUT2D eigenvalue weighted by atomic mass is 10.1. The second-order valence-corrected chi connectivity index (χ2v) is 4.60. The molecule has 0 unspecified atom stereocenters. The number of allylic oxidation sites excluding steroid dienone is 1. The minimum atomic E-state index is -0.159. The Morgan fingerprint density at radius 3 is 3.00 bits per heavy atom. The van der Waals surface area contributed by atoms with Gasteiger partial charge in [-0.15, -0.1) is 0 Å². The highest BCUT2D eigenvalue weighted by Crippen LogP contribution is 2.21. The van der Waals surface area contributed by atoms with Crippen LogP contribution in [-0.4, -0.2) is 10.4 Å². The van der Waals surface area contributed by atoms with Crippen molar-refractivity contribution in [3.8, 4) is 0 Å². The fraction of sp³-hybridized carbons (Fsp3) is 0.0909. The van der Waals surface area contributed by atoms with E-state index in [1.165, 1.54) is 11.9 Å². The van der Waals surface area contributed by atoms with Crippen LogP contribution < -0.4 is 10.9 Å². The van der Waals surface area contributed by atoms with Gasteiger partial charge in [-0.1, -0.05) is 16.7 Å². The Labute approximate surface area is 98.8 Å². The molecule has 83 valence electrons. The molecule has 4 nitrogen and oxygen atoms in total. The second-order valence-electron chi connectivity index (χ2n) is 3.41. The summed E-state index contributed by atoms with van der Waals surface area (Å²) in [5.74, 6) is -0.159. The van der Waals surface area contributed by atoms with Crippen LogP contribution in [0.4, 0.5) is 0 Å². The van der Waals surface area contributed by atoms with Gasteiger partial charge in [-0.2, -0.15) is 0 Å². The van der Waals surface area contributed by atoms with Crippen molar-refractivity contribution in [1.29, 1.82) is 0 Å². The average Bonchev–Trinajstić information content (AvgIpc) is 2.64. The molecule has 1 aromatic rings. The van der Waals surface area contributed by atoms with E-state index in [1.54, 1.807) is 16.7 Å². The highest BCUT2D eigenvalue weighted by Gasteiger charge is 2.15. The van der Waals surface area contributed by atoms with E-state index in [4.69, 9.17) is 0 Å². The molecule has 0 atom stereocenters. The zero-order chi connectivity index (χ0) is 11.5. The van der Waals surface area contributed by atoms with E-state index in [9.17, 15) is 4.79 Å². The van der Waals surface area contributed by atoms with Gasteiger partial charge in [-0.05, 0) is 43.5 Å². The van der Waals surface area contributed by atoms with E-state index in [0.29, 0.717) is 5.56 Å². The lowest BCUT2D eigenvalue weighted by Gasteiger charge is -2.15. The maximum absolute atomic E-state index is 11.8. The summed E-state index contributed by atoms with van der Waals surface area (Å²) in [6.07, 6.45) is 1.82.